The van der Waals surface area contributed by atoms with Crippen molar-refractivity contribution in [1.29, 1.82) is 0 Å². The van der Waals surface area contributed by atoms with Crippen LogP contribution in [0.4, 0.5) is 0 Å². The van der Waals surface area contributed by atoms with Crippen molar-refractivity contribution in [2.24, 2.45) is 0 Å². The molecule has 0 fully saturated rings. The van der Waals surface area contributed by atoms with Crippen molar-refractivity contribution in [2.75, 3.05) is 6.61 Å². The van der Waals surface area contributed by atoms with Crippen LogP contribution in [0.5, 0.6) is 11.5 Å². The van der Waals surface area contributed by atoms with E-state index < -0.39 is 20.0 Å². The third kappa shape index (κ3) is 5.77. The zero-order valence-corrected chi connectivity index (χ0v) is 19.5. The first-order chi connectivity index (χ1) is 14.7. The van der Waals surface area contributed by atoms with Crippen LogP contribution in [-0.2, 0) is 21.1 Å². The Balaban J connectivity index is 2.05. The molecule has 0 aliphatic carbocycles. The molecule has 0 saturated carbocycles. The minimum absolute atomic E-state index is 0.268. The van der Waals surface area contributed by atoms with Crippen LogP contribution >= 0.6 is 0 Å². The highest BCUT2D eigenvalue weighted by Gasteiger charge is 2.21. The second-order valence-electron chi connectivity index (χ2n) is 8.42. The van der Waals surface area contributed by atoms with Crippen LogP contribution in [-0.4, -0.2) is 41.2 Å². The van der Waals surface area contributed by atoms with Gasteiger partial charge >= 0.3 is 11.9 Å². The largest absolute Gasteiger partial charge is 0.426 e. The topological polar surface area (TPSA) is 92.5 Å². The van der Waals surface area contributed by atoms with E-state index in [0.29, 0.717) is 40.4 Å². The molecule has 0 aliphatic heterocycles. The molecule has 31 heavy (non-hydrogen) atoms. The third-order valence-electron chi connectivity index (χ3n) is 4.50. The summed E-state index contributed by atoms with van der Waals surface area (Å²) in [5.41, 5.74) is 1.65. The van der Waals surface area contributed by atoms with Crippen molar-refractivity contribution in [3.05, 3.63) is 36.8 Å². The second-order valence-corrected chi connectivity index (χ2v) is 14.0. The van der Waals surface area contributed by atoms with Crippen LogP contribution in [0.3, 0.4) is 0 Å². The van der Waals surface area contributed by atoms with E-state index in [9.17, 15) is 9.59 Å². The maximum atomic E-state index is 11.7. The lowest BCUT2D eigenvalue weighted by Crippen LogP contribution is -2.22. The molecule has 3 rings (SSSR count). The number of para-hydroxylation sites is 1. The smallest absolute Gasteiger partial charge is 0.308 e. The fourth-order valence-corrected chi connectivity index (χ4v) is 3.83. The zero-order chi connectivity index (χ0) is 22.6. The number of hydrogen-bond donors (Lipinski definition) is 0. The van der Waals surface area contributed by atoms with Gasteiger partial charge in [-0.2, -0.15) is 0 Å². The summed E-state index contributed by atoms with van der Waals surface area (Å²) in [6, 6.07) is 8.11. The minimum atomic E-state index is -1.21. The average Bonchev–Trinajstić information content (AvgIpc) is 3.02. The maximum Gasteiger partial charge on any atom is 0.308 e. The number of rotatable bonds is 8. The molecule has 0 unspecified atom stereocenters. The predicted molar refractivity (Wildman–Crippen MR) is 120 cm³/mol. The summed E-state index contributed by atoms with van der Waals surface area (Å²) in [4.78, 5) is 32.1. The molecule has 8 nitrogen and oxygen atoms in total. The number of carbonyl (C=O) groups is 2. The van der Waals surface area contributed by atoms with Gasteiger partial charge in [-0.05, 0) is 18.2 Å². The Morgan fingerprint density at radius 2 is 1.68 bits per heavy atom. The van der Waals surface area contributed by atoms with Crippen molar-refractivity contribution in [3.8, 4) is 22.8 Å². The molecule has 2 heterocycles. The SMILES string of the molecule is CC(=O)Oc1ccccc1-c1ncnc2c1c(OC(C)=O)cn2COCC[Si](C)(C)C. The first kappa shape index (κ1) is 22.6. The number of aromatic nitrogens is 3. The molecule has 0 N–H and O–H groups in total. The van der Waals surface area contributed by atoms with Crippen LogP contribution in [0.1, 0.15) is 13.8 Å². The second kappa shape index (κ2) is 9.40. The molecule has 1 aromatic carbocycles. The summed E-state index contributed by atoms with van der Waals surface area (Å²) >= 11 is 0. The van der Waals surface area contributed by atoms with Crippen molar-refractivity contribution < 1.29 is 23.8 Å². The number of esters is 2. The molecular formula is C22H27N3O5Si. The number of nitrogens with zero attached hydrogens (tertiary/aromatic N) is 3. The number of ether oxygens (including phenoxy) is 3. The van der Waals surface area contributed by atoms with Gasteiger partial charge in [-0.3, -0.25) is 9.59 Å². The lowest BCUT2D eigenvalue weighted by molar-refractivity contribution is -0.132. The monoisotopic (exact) mass is 441 g/mol. The summed E-state index contributed by atoms with van der Waals surface area (Å²) in [7, 11) is -1.21. The molecular weight excluding hydrogens is 414 g/mol. The first-order valence-corrected chi connectivity index (χ1v) is 13.7. The Morgan fingerprint density at radius 3 is 2.35 bits per heavy atom. The van der Waals surface area contributed by atoms with Gasteiger partial charge in [-0.15, -0.1) is 0 Å². The van der Waals surface area contributed by atoms with E-state index in [-0.39, 0.29) is 6.73 Å². The first-order valence-electron chi connectivity index (χ1n) is 10.0. The molecule has 0 amide bonds. The van der Waals surface area contributed by atoms with Gasteiger partial charge in [0, 0.05) is 34.1 Å². The fraction of sp³-hybridized carbons (Fsp3) is 0.364. The minimum Gasteiger partial charge on any atom is -0.426 e. The summed E-state index contributed by atoms with van der Waals surface area (Å²) in [6.45, 7) is 10.5. The van der Waals surface area contributed by atoms with Gasteiger partial charge in [0.2, 0.25) is 0 Å². The normalized spacial score (nSPS) is 11.5. The summed E-state index contributed by atoms with van der Waals surface area (Å²) in [5, 5.41) is 0.547. The average molecular weight is 442 g/mol. The molecule has 0 atom stereocenters. The van der Waals surface area contributed by atoms with E-state index in [1.165, 1.54) is 20.2 Å². The molecule has 0 aliphatic rings. The molecule has 0 saturated heterocycles. The van der Waals surface area contributed by atoms with Crippen molar-refractivity contribution >= 4 is 31.0 Å². The van der Waals surface area contributed by atoms with Gasteiger partial charge in [0.15, 0.2) is 5.75 Å². The Hall–Kier alpha value is -3.04. The van der Waals surface area contributed by atoms with Crippen LogP contribution < -0.4 is 9.47 Å². The van der Waals surface area contributed by atoms with Gasteiger partial charge in [-0.25, -0.2) is 9.97 Å². The fourth-order valence-electron chi connectivity index (χ4n) is 3.07. The van der Waals surface area contributed by atoms with Gasteiger partial charge in [0.1, 0.15) is 24.5 Å². The van der Waals surface area contributed by atoms with Crippen LogP contribution in [0.2, 0.25) is 25.7 Å². The highest BCUT2D eigenvalue weighted by atomic mass is 28.3. The van der Waals surface area contributed by atoms with Crippen molar-refractivity contribution in [1.82, 2.24) is 14.5 Å². The Morgan fingerprint density at radius 1 is 1.00 bits per heavy atom. The van der Waals surface area contributed by atoms with Crippen molar-refractivity contribution in [3.63, 3.8) is 0 Å². The van der Waals surface area contributed by atoms with Gasteiger partial charge in [0.25, 0.3) is 0 Å². The summed E-state index contributed by atoms with van der Waals surface area (Å²) < 4.78 is 18.5. The van der Waals surface area contributed by atoms with E-state index in [1.54, 1.807) is 29.0 Å². The van der Waals surface area contributed by atoms with Crippen LogP contribution in [0.15, 0.2) is 36.8 Å². The van der Waals surface area contributed by atoms with Crippen LogP contribution in [0.25, 0.3) is 22.3 Å². The van der Waals surface area contributed by atoms with E-state index in [0.717, 1.165) is 6.04 Å². The quantitative estimate of drug-likeness (QED) is 0.223. The number of carbonyl (C=O) groups excluding carboxylic acids is 2. The number of fused-ring (bicyclic) bond motifs is 1. The maximum absolute atomic E-state index is 11.7. The van der Waals surface area contributed by atoms with E-state index >= 15 is 0 Å². The van der Waals surface area contributed by atoms with Gasteiger partial charge < -0.3 is 18.8 Å². The van der Waals surface area contributed by atoms with E-state index in [2.05, 4.69) is 29.6 Å². The molecule has 0 spiro atoms. The van der Waals surface area contributed by atoms with E-state index in [1.807, 2.05) is 6.07 Å². The lowest BCUT2D eigenvalue weighted by Gasteiger charge is -2.15. The number of benzene rings is 1. The predicted octanol–water partition coefficient (Wildman–Crippen LogP) is 4.26. The van der Waals surface area contributed by atoms with E-state index in [4.69, 9.17) is 14.2 Å². The standard InChI is InChI=1S/C22H27N3O5Si/c1-15(26)29-18-9-7-6-8-17(18)21-20-19(30-16(2)27)12-25(22(20)24-13-23-21)14-28-10-11-31(3,4)5/h6-9,12-13H,10-11,14H2,1-5H3. The molecule has 9 heteroatoms. The third-order valence-corrected chi connectivity index (χ3v) is 6.20. The highest BCUT2D eigenvalue weighted by molar-refractivity contribution is 6.76. The Bertz CT molecular complexity index is 1100. The molecule has 0 radical (unpaired) electrons. The molecule has 0 bridgehead atoms. The Kier molecular flexibility index (Phi) is 6.86. The Labute approximate surface area is 182 Å². The van der Waals surface area contributed by atoms with Crippen molar-refractivity contribution in [2.45, 2.75) is 46.3 Å². The molecule has 3 aromatic rings. The summed E-state index contributed by atoms with van der Waals surface area (Å²) in [5.74, 6) is -0.208. The van der Waals surface area contributed by atoms with Gasteiger partial charge in [0.05, 0.1) is 17.3 Å². The lowest BCUT2D eigenvalue weighted by atomic mass is 10.1. The summed E-state index contributed by atoms with van der Waals surface area (Å²) in [6.07, 6.45) is 3.12. The van der Waals surface area contributed by atoms with Gasteiger partial charge in [-0.1, -0.05) is 31.8 Å². The molecule has 164 valence electrons. The molecule has 2 aromatic heterocycles. The zero-order valence-electron chi connectivity index (χ0n) is 18.5. The highest BCUT2D eigenvalue weighted by Crippen LogP contribution is 2.38. The van der Waals surface area contributed by atoms with Crippen LogP contribution in [0, 0.1) is 0 Å². The number of hydrogen-bond acceptors (Lipinski definition) is 7.